The fourth-order valence-electron chi connectivity index (χ4n) is 4.40. The first-order valence-corrected chi connectivity index (χ1v) is 13.1. The largest absolute Gasteiger partial charge is 0.352 e. The second-order valence-electron chi connectivity index (χ2n) is 8.44. The topological polar surface area (TPSA) is 83.0 Å². The summed E-state index contributed by atoms with van der Waals surface area (Å²) in [7, 11) is 0. The van der Waals surface area contributed by atoms with Crippen LogP contribution in [0.1, 0.15) is 22.6 Å². The molecule has 0 bridgehead atoms. The molecule has 0 aromatic carbocycles. The molecule has 0 atom stereocenters. The first-order valence-electron chi connectivity index (χ1n) is 11.5. The maximum atomic E-state index is 6.03. The van der Waals surface area contributed by atoms with Crippen LogP contribution in [0.2, 0.25) is 10.3 Å². The van der Waals surface area contributed by atoms with Gasteiger partial charge in [-0.3, -0.25) is 9.98 Å². The molecule has 2 aliphatic rings. The van der Waals surface area contributed by atoms with Crippen LogP contribution in [0.4, 0.5) is 0 Å². The van der Waals surface area contributed by atoms with E-state index < -0.39 is 0 Å². The van der Waals surface area contributed by atoms with Crippen molar-refractivity contribution in [1.29, 1.82) is 0 Å². The maximum absolute atomic E-state index is 6.03. The lowest BCUT2D eigenvalue weighted by molar-refractivity contribution is 0.387. The molecular weight excluding hydrogens is 517 g/mol. The van der Waals surface area contributed by atoms with Gasteiger partial charge in [0.15, 0.2) is 17.4 Å². The summed E-state index contributed by atoms with van der Waals surface area (Å²) < 4.78 is 6.03. The number of rotatable bonds is 7. The zero-order valence-corrected chi connectivity index (χ0v) is 21.5. The summed E-state index contributed by atoms with van der Waals surface area (Å²) in [5.41, 5.74) is 3.76. The number of hydrogen-bond donors (Lipinski definition) is 0. The van der Waals surface area contributed by atoms with Gasteiger partial charge in [0.05, 0.1) is 18.7 Å². The third-order valence-electron chi connectivity index (χ3n) is 6.06. The number of thiophene rings is 1. The highest BCUT2D eigenvalue weighted by molar-refractivity contribution is 7.13. The van der Waals surface area contributed by atoms with Crippen molar-refractivity contribution < 1.29 is 4.52 Å². The van der Waals surface area contributed by atoms with E-state index in [2.05, 4.69) is 36.4 Å². The predicted octanol–water partition coefficient (Wildman–Crippen LogP) is 5.02. The summed E-state index contributed by atoms with van der Waals surface area (Å²) >= 11 is 13.6. The van der Waals surface area contributed by atoms with Gasteiger partial charge in [0.2, 0.25) is 5.76 Å². The van der Waals surface area contributed by atoms with Gasteiger partial charge >= 0.3 is 0 Å². The second kappa shape index (κ2) is 10.0. The Labute approximate surface area is 221 Å². The molecule has 6 rings (SSSR count). The Morgan fingerprint density at radius 1 is 0.833 bits per heavy atom. The van der Waals surface area contributed by atoms with Crippen LogP contribution in [-0.4, -0.2) is 62.8 Å². The summed E-state index contributed by atoms with van der Waals surface area (Å²) in [6.07, 6.45) is 3.59. The molecule has 36 heavy (non-hydrogen) atoms. The molecule has 0 aliphatic carbocycles. The molecule has 6 heterocycles. The Morgan fingerprint density at radius 3 is 2.06 bits per heavy atom. The van der Waals surface area contributed by atoms with Gasteiger partial charge in [-0.15, -0.1) is 11.3 Å². The molecule has 0 saturated heterocycles. The van der Waals surface area contributed by atoms with Crippen LogP contribution in [0, 0.1) is 0 Å². The van der Waals surface area contributed by atoms with Gasteiger partial charge in [-0.25, -0.2) is 9.97 Å². The van der Waals surface area contributed by atoms with Crippen LogP contribution in [0.25, 0.3) is 10.4 Å². The van der Waals surface area contributed by atoms with Gasteiger partial charge in [-0.2, -0.15) is 0 Å². The number of nitrogens with zero attached hydrogens (tertiary/aromatic N) is 7. The van der Waals surface area contributed by atoms with Gasteiger partial charge in [-0.1, -0.05) is 46.6 Å². The molecule has 0 unspecified atom stereocenters. The summed E-state index contributed by atoms with van der Waals surface area (Å²) in [5.74, 6) is 2.27. The van der Waals surface area contributed by atoms with Crippen LogP contribution in [0.5, 0.6) is 0 Å². The highest BCUT2D eigenvalue weighted by Crippen LogP contribution is 2.35. The second-order valence-corrected chi connectivity index (χ2v) is 10.2. The Hall–Kier alpha value is -3.27. The van der Waals surface area contributed by atoms with Crippen molar-refractivity contribution in [3.63, 3.8) is 0 Å². The van der Waals surface area contributed by atoms with Crippen LogP contribution in [-0.2, 0) is 13.1 Å². The third-order valence-corrected chi connectivity index (χ3v) is 7.40. The van der Waals surface area contributed by atoms with E-state index in [1.165, 1.54) is 0 Å². The molecule has 0 radical (unpaired) electrons. The third kappa shape index (κ3) is 4.61. The standard InChI is InChI=1S/C25H21Cl2N7OS/c26-19-5-3-16(12-30-19)14-33-9-7-28-24(33)22-21(18-2-1-11-36-18)23(35-32-22)25-29-8-10-34(25)15-17-4-6-20(27)31-13-17/h1-6,11-13H,7-10,14-15H2. The van der Waals surface area contributed by atoms with Crippen molar-refractivity contribution in [3.05, 3.63) is 87.1 Å². The minimum atomic E-state index is 0.477. The van der Waals surface area contributed by atoms with E-state index >= 15 is 0 Å². The Morgan fingerprint density at radius 2 is 1.47 bits per heavy atom. The molecule has 2 aliphatic heterocycles. The average molecular weight is 538 g/mol. The van der Waals surface area contributed by atoms with Crippen molar-refractivity contribution in [3.8, 4) is 10.4 Å². The molecule has 8 nitrogen and oxygen atoms in total. The molecular formula is C25H21Cl2N7OS. The summed E-state index contributed by atoms with van der Waals surface area (Å²) in [6, 6.07) is 11.7. The van der Waals surface area contributed by atoms with E-state index in [0.717, 1.165) is 52.0 Å². The zero-order chi connectivity index (χ0) is 24.5. The van der Waals surface area contributed by atoms with E-state index in [9.17, 15) is 0 Å². The molecule has 182 valence electrons. The smallest absolute Gasteiger partial charge is 0.211 e. The van der Waals surface area contributed by atoms with Crippen molar-refractivity contribution >= 4 is 46.2 Å². The maximum Gasteiger partial charge on any atom is 0.211 e. The van der Waals surface area contributed by atoms with E-state index in [1.54, 1.807) is 35.9 Å². The average Bonchev–Trinajstić information content (AvgIpc) is 3.68. The summed E-state index contributed by atoms with van der Waals surface area (Å²) in [6.45, 7) is 4.27. The lowest BCUT2D eigenvalue weighted by atomic mass is 10.1. The zero-order valence-electron chi connectivity index (χ0n) is 19.1. The monoisotopic (exact) mass is 537 g/mol. The van der Waals surface area contributed by atoms with Crippen molar-refractivity contribution in [2.24, 2.45) is 9.98 Å². The van der Waals surface area contributed by atoms with Crippen molar-refractivity contribution in [1.82, 2.24) is 24.9 Å². The first kappa shape index (κ1) is 23.1. The number of aromatic nitrogens is 3. The summed E-state index contributed by atoms with van der Waals surface area (Å²) in [4.78, 5) is 23.5. The number of hydrogen-bond acceptors (Lipinski definition) is 9. The SMILES string of the molecule is Clc1ccc(CN2CCN=C2c2noc(C3=NCCN3Cc3ccc(Cl)nc3)c2-c2cccs2)cn1. The lowest BCUT2D eigenvalue weighted by Crippen LogP contribution is -2.29. The molecule has 0 spiro atoms. The van der Waals surface area contributed by atoms with E-state index in [4.69, 9.17) is 37.7 Å². The first-order chi connectivity index (χ1) is 17.7. The van der Waals surface area contributed by atoms with Crippen LogP contribution in [0.15, 0.2) is 68.7 Å². The van der Waals surface area contributed by atoms with Gasteiger partial charge in [-0.05, 0) is 34.7 Å². The van der Waals surface area contributed by atoms with Gasteiger partial charge in [0.1, 0.15) is 10.3 Å². The highest BCUT2D eigenvalue weighted by atomic mass is 35.5. The van der Waals surface area contributed by atoms with Crippen molar-refractivity contribution in [2.75, 3.05) is 26.2 Å². The molecule has 0 fully saturated rings. The quantitative estimate of drug-likeness (QED) is 0.307. The highest BCUT2D eigenvalue weighted by Gasteiger charge is 2.33. The van der Waals surface area contributed by atoms with Gasteiger partial charge in [0.25, 0.3) is 0 Å². The predicted molar refractivity (Wildman–Crippen MR) is 142 cm³/mol. The number of pyridine rings is 2. The molecule has 11 heteroatoms. The van der Waals surface area contributed by atoms with E-state index in [1.807, 2.05) is 18.2 Å². The number of aliphatic imine (C=N–C) groups is 2. The van der Waals surface area contributed by atoms with Gasteiger partial charge < -0.3 is 14.3 Å². The molecule has 0 amide bonds. The fourth-order valence-corrected chi connectivity index (χ4v) is 5.39. The fraction of sp³-hybridized carbons (Fsp3) is 0.240. The minimum Gasteiger partial charge on any atom is -0.352 e. The molecule has 0 N–H and O–H groups in total. The molecule has 4 aromatic rings. The lowest BCUT2D eigenvalue weighted by Gasteiger charge is -2.20. The van der Waals surface area contributed by atoms with E-state index in [0.29, 0.717) is 42.2 Å². The van der Waals surface area contributed by atoms with Crippen LogP contribution < -0.4 is 0 Å². The van der Waals surface area contributed by atoms with Crippen LogP contribution >= 0.6 is 34.5 Å². The molecule has 0 saturated carbocycles. The Bertz CT molecular complexity index is 1320. The van der Waals surface area contributed by atoms with Crippen molar-refractivity contribution in [2.45, 2.75) is 13.1 Å². The Kier molecular flexibility index (Phi) is 6.43. The minimum absolute atomic E-state index is 0.477. The number of amidine groups is 2. The summed E-state index contributed by atoms with van der Waals surface area (Å²) in [5, 5.41) is 7.55. The number of halogens is 2. The van der Waals surface area contributed by atoms with E-state index in [-0.39, 0.29) is 0 Å². The Balaban J connectivity index is 1.34. The van der Waals surface area contributed by atoms with Gasteiger partial charge in [0, 0.05) is 43.4 Å². The van der Waals surface area contributed by atoms with Crippen LogP contribution in [0.3, 0.4) is 0 Å². The normalized spacial score (nSPS) is 15.5. The molecule has 4 aromatic heterocycles.